The smallest absolute Gasteiger partial charge is 0.254 e. The van der Waals surface area contributed by atoms with E-state index in [-0.39, 0.29) is 11.9 Å². The fraction of sp³-hybridized carbons (Fsp3) is 0.261. The largest absolute Gasteiger partial charge is 0.373 e. The number of amides is 1. The van der Waals surface area contributed by atoms with Gasteiger partial charge in [-0.3, -0.25) is 4.79 Å². The molecule has 4 rings (SSSR count). The molecule has 142 valence electrons. The van der Waals surface area contributed by atoms with Crippen LogP contribution in [0.1, 0.15) is 40.5 Å². The number of likely N-dealkylation sites (tertiary alicyclic amines) is 1. The normalized spacial score (nSPS) is 16.2. The summed E-state index contributed by atoms with van der Waals surface area (Å²) >= 11 is 0. The zero-order chi connectivity index (χ0) is 19.5. The maximum absolute atomic E-state index is 13.1. The highest BCUT2D eigenvalue weighted by atomic mass is 16.2. The SMILES string of the molecule is CNc1cc(C)nc(-c2ccc(C(=O)N3CCC[C@H]3c3ccccc3)cc2)n1. The Morgan fingerprint density at radius 1 is 1.07 bits per heavy atom. The van der Waals surface area contributed by atoms with Crippen molar-refractivity contribution in [2.75, 3.05) is 18.9 Å². The topological polar surface area (TPSA) is 58.1 Å². The zero-order valence-electron chi connectivity index (χ0n) is 16.2. The van der Waals surface area contributed by atoms with E-state index in [4.69, 9.17) is 0 Å². The van der Waals surface area contributed by atoms with Crippen molar-refractivity contribution < 1.29 is 4.79 Å². The van der Waals surface area contributed by atoms with E-state index in [9.17, 15) is 4.79 Å². The molecule has 0 aliphatic carbocycles. The van der Waals surface area contributed by atoms with Crippen LogP contribution in [0.15, 0.2) is 60.7 Å². The van der Waals surface area contributed by atoms with Crippen LogP contribution in [-0.2, 0) is 0 Å². The number of hydrogen-bond donors (Lipinski definition) is 1. The average molecular weight is 372 g/mol. The predicted octanol–water partition coefficient (Wildman–Crippen LogP) is 4.47. The summed E-state index contributed by atoms with van der Waals surface area (Å²) in [4.78, 5) is 24.1. The number of aromatic nitrogens is 2. The third-order valence-corrected chi connectivity index (χ3v) is 5.20. The molecule has 2 aromatic carbocycles. The van der Waals surface area contributed by atoms with Gasteiger partial charge in [0.05, 0.1) is 6.04 Å². The van der Waals surface area contributed by atoms with E-state index in [0.29, 0.717) is 11.4 Å². The molecule has 0 spiro atoms. The van der Waals surface area contributed by atoms with Crippen molar-refractivity contribution in [3.05, 3.63) is 77.5 Å². The van der Waals surface area contributed by atoms with Crippen LogP contribution in [-0.4, -0.2) is 34.4 Å². The van der Waals surface area contributed by atoms with E-state index >= 15 is 0 Å². The van der Waals surface area contributed by atoms with E-state index in [1.807, 2.05) is 67.4 Å². The molecule has 1 aliphatic rings. The minimum Gasteiger partial charge on any atom is -0.373 e. The molecular weight excluding hydrogens is 348 g/mol. The number of anilines is 1. The molecule has 5 heteroatoms. The van der Waals surface area contributed by atoms with Crippen LogP contribution >= 0.6 is 0 Å². The number of carbonyl (C=O) groups is 1. The molecule has 1 N–H and O–H groups in total. The monoisotopic (exact) mass is 372 g/mol. The van der Waals surface area contributed by atoms with Gasteiger partial charge in [-0.1, -0.05) is 42.5 Å². The molecule has 1 aromatic heterocycles. The lowest BCUT2D eigenvalue weighted by atomic mass is 10.0. The highest BCUT2D eigenvalue weighted by molar-refractivity contribution is 5.95. The fourth-order valence-corrected chi connectivity index (χ4v) is 3.78. The summed E-state index contributed by atoms with van der Waals surface area (Å²) in [5.41, 5.74) is 3.71. The average Bonchev–Trinajstić information content (AvgIpc) is 3.23. The lowest BCUT2D eigenvalue weighted by Crippen LogP contribution is -2.30. The van der Waals surface area contributed by atoms with E-state index in [1.165, 1.54) is 5.56 Å². The quantitative estimate of drug-likeness (QED) is 0.734. The molecule has 2 heterocycles. The summed E-state index contributed by atoms with van der Waals surface area (Å²) in [5.74, 6) is 1.52. The molecule has 5 nitrogen and oxygen atoms in total. The van der Waals surface area contributed by atoms with E-state index in [1.54, 1.807) is 0 Å². The molecule has 0 radical (unpaired) electrons. The first kappa shape index (κ1) is 18.2. The van der Waals surface area contributed by atoms with Gasteiger partial charge in [0.1, 0.15) is 5.82 Å². The van der Waals surface area contributed by atoms with Crippen molar-refractivity contribution in [1.82, 2.24) is 14.9 Å². The van der Waals surface area contributed by atoms with Crippen molar-refractivity contribution in [2.24, 2.45) is 0 Å². The number of benzene rings is 2. The lowest BCUT2D eigenvalue weighted by Gasteiger charge is -2.25. The highest BCUT2D eigenvalue weighted by Gasteiger charge is 2.30. The number of nitrogens with zero attached hydrogens (tertiary/aromatic N) is 3. The van der Waals surface area contributed by atoms with Crippen LogP contribution in [0.5, 0.6) is 0 Å². The molecule has 1 amide bonds. The van der Waals surface area contributed by atoms with Crippen LogP contribution in [0.25, 0.3) is 11.4 Å². The summed E-state index contributed by atoms with van der Waals surface area (Å²) in [5, 5.41) is 3.05. The molecule has 1 saturated heterocycles. The summed E-state index contributed by atoms with van der Waals surface area (Å²) in [6.45, 7) is 2.74. The Labute approximate surface area is 165 Å². The third-order valence-electron chi connectivity index (χ3n) is 5.20. The second-order valence-electron chi connectivity index (χ2n) is 7.11. The van der Waals surface area contributed by atoms with E-state index in [0.717, 1.165) is 36.5 Å². The Morgan fingerprint density at radius 3 is 2.54 bits per heavy atom. The van der Waals surface area contributed by atoms with Crippen molar-refractivity contribution in [1.29, 1.82) is 0 Å². The first-order valence-electron chi connectivity index (χ1n) is 9.65. The fourth-order valence-electron chi connectivity index (χ4n) is 3.78. The molecule has 1 fully saturated rings. The summed E-state index contributed by atoms with van der Waals surface area (Å²) in [7, 11) is 1.84. The molecule has 0 unspecified atom stereocenters. The number of hydrogen-bond acceptors (Lipinski definition) is 4. The van der Waals surface area contributed by atoms with Crippen molar-refractivity contribution >= 4 is 11.7 Å². The van der Waals surface area contributed by atoms with Crippen molar-refractivity contribution in [2.45, 2.75) is 25.8 Å². The number of rotatable bonds is 4. The predicted molar refractivity (Wildman–Crippen MR) is 111 cm³/mol. The van der Waals surface area contributed by atoms with Crippen LogP contribution in [0.4, 0.5) is 5.82 Å². The Balaban J connectivity index is 1.57. The van der Waals surface area contributed by atoms with Gasteiger partial charge < -0.3 is 10.2 Å². The standard InChI is InChI=1S/C23H24N4O/c1-16-15-21(24-2)26-22(25-16)18-10-12-19(13-11-18)23(28)27-14-6-9-20(27)17-7-4-3-5-8-17/h3-5,7-8,10-13,15,20H,6,9,14H2,1-2H3,(H,24,25,26)/t20-/m0/s1. The van der Waals surface area contributed by atoms with Crippen LogP contribution in [0.3, 0.4) is 0 Å². The first-order chi connectivity index (χ1) is 13.7. The number of aryl methyl sites for hydroxylation is 1. The minimum atomic E-state index is 0.0824. The Morgan fingerprint density at radius 2 is 1.82 bits per heavy atom. The molecule has 1 atom stereocenters. The Bertz CT molecular complexity index is 970. The maximum atomic E-state index is 13.1. The maximum Gasteiger partial charge on any atom is 0.254 e. The third kappa shape index (κ3) is 3.60. The number of nitrogens with one attached hydrogen (secondary N) is 1. The molecule has 1 aliphatic heterocycles. The van der Waals surface area contributed by atoms with E-state index in [2.05, 4.69) is 27.4 Å². The van der Waals surface area contributed by atoms with Gasteiger partial charge in [0, 0.05) is 36.5 Å². The van der Waals surface area contributed by atoms with E-state index < -0.39 is 0 Å². The Kier molecular flexibility index (Phi) is 5.06. The van der Waals surface area contributed by atoms with Gasteiger partial charge in [-0.15, -0.1) is 0 Å². The first-order valence-corrected chi connectivity index (χ1v) is 9.65. The van der Waals surface area contributed by atoms with Crippen molar-refractivity contribution in [3.8, 4) is 11.4 Å². The van der Waals surface area contributed by atoms with Gasteiger partial charge in [-0.2, -0.15) is 0 Å². The summed E-state index contributed by atoms with van der Waals surface area (Å²) < 4.78 is 0. The van der Waals surface area contributed by atoms with Gasteiger partial charge in [0.25, 0.3) is 5.91 Å². The van der Waals surface area contributed by atoms with Crippen LogP contribution < -0.4 is 5.32 Å². The second kappa shape index (κ2) is 7.80. The van der Waals surface area contributed by atoms with Gasteiger partial charge in [-0.05, 0) is 37.5 Å². The molecule has 0 bridgehead atoms. The molecule has 3 aromatic rings. The van der Waals surface area contributed by atoms with Crippen LogP contribution in [0, 0.1) is 6.92 Å². The minimum absolute atomic E-state index is 0.0824. The van der Waals surface area contributed by atoms with Crippen LogP contribution in [0.2, 0.25) is 0 Å². The summed E-state index contributed by atoms with van der Waals surface area (Å²) in [6, 6.07) is 20.0. The number of carbonyl (C=O) groups excluding carboxylic acids is 1. The van der Waals surface area contributed by atoms with Gasteiger partial charge in [0.15, 0.2) is 5.82 Å². The Hall–Kier alpha value is -3.21. The lowest BCUT2D eigenvalue weighted by molar-refractivity contribution is 0.0735. The highest BCUT2D eigenvalue weighted by Crippen LogP contribution is 2.33. The molecule has 28 heavy (non-hydrogen) atoms. The van der Waals surface area contributed by atoms with Gasteiger partial charge in [0.2, 0.25) is 0 Å². The van der Waals surface area contributed by atoms with Crippen molar-refractivity contribution in [3.63, 3.8) is 0 Å². The van der Waals surface area contributed by atoms with Gasteiger partial charge >= 0.3 is 0 Å². The zero-order valence-corrected chi connectivity index (χ0v) is 16.2. The molecular formula is C23H24N4O. The molecule has 0 saturated carbocycles. The van der Waals surface area contributed by atoms with Gasteiger partial charge in [-0.25, -0.2) is 9.97 Å². The second-order valence-corrected chi connectivity index (χ2v) is 7.11. The summed E-state index contributed by atoms with van der Waals surface area (Å²) in [6.07, 6.45) is 2.05.